The van der Waals surface area contributed by atoms with Crippen molar-refractivity contribution in [2.75, 3.05) is 10.7 Å². The number of urea groups is 1. The monoisotopic (exact) mass is 660 g/mol. The SMILES string of the molecule is Cc1cccc(N2C(=O)CSC2=NC(=O)NC2=C(c3ccc(-c4ncn(-c5ccc(OC(F)(F)F)cc5)n4)cc3)CCC2)c1C(C)C. The van der Waals surface area contributed by atoms with Crippen LogP contribution in [0.25, 0.3) is 22.6 Å². The molecule has 9 nitrogen and oxygen atoms in total. The average Bonchev–Trinajstić information content (AvgIpc) is 3.77. The summed E-state index contributed by atoms with van der Waals surface area (Å²) in [6.45, 7) is 6.17. The number of aliphatic imine (C=N–C) groups is 1. The number of hydrogen-bond donors (Lipinski definition) is 1. The number of ether oxygens (including phenoxy) is 1. The second-order valence-corrected chi connectivity index (χ2v) is 12.4. The van der Waals surface area contributed by atoms with Crippen LogP contribution in [0.1, 0.15) is 55.7 Å². The van der Waals surface area contributed by atoms with Crippen LogP contribution in [0, 0.1) is 6.92 Å². The van der Waals surface area contributed by atoms with Gasteiger partial charge in [-0.15, -0.1) is 18.3 Å². The number of hydrogen-bond acceptors (Lipinski definition) is 6. The number of alkyl halides is 3. The molecule has 0 radical (unpaired) electrons. The Morgan fingerprint density at radius 2 is 1.74 bits per heavy atom. The molecule has 47 heavy (non-hydrogen) atoms. The van der Waals surface area contributed by atoms with Crippen molar-refractivity contribution >= 4 is 40.1 Å². The van der Waals surface area contributed by atoms with Crippen LogP contribution in [0.2, 0.25) is 0 Å². The largest absolute Gasteiger partial charge is 0.573 e. The molecule has 1 aliphatic carbocycles. The van der Waals surface area contributed by atoms with Gasteiger partial charge in [-0.2, -0.15) is 4.99 Å². The first-order chi connectivity index (χ1) is 22.5. The van der Waals surface area contributed by atoms with Gasteiger partial charge in [0.15, 0.2) is 11.0 Å². The second-order valence-electron chi connectivity index (χ2n) is 11.4. The molecule has 0 unspecified atom stereocenters. The highest BCUT2D eigenvalue weighted by atomic mass is 32.2. The molecule has 0 bridgehead atoms. The molecule has 242 valence electrons. The number of rotatable bonds is 7. The lowest BCUT2D eigenvalue weighted by Gasteiger charge is -2.23. The number of nitrogens with one attached hydrogen (secondary N) is 1. The maximum atomic E-state index is 13.2. The first-order valence-corrected chi connectivity index (χ1v) is 16.0. The van der Waals surface area contributed by atoms with E-state index in [1.807, 2.05) is 49.4 Å². The van der Waals surface area contributed by atoms with Gasteiger partial charge in [-0.25, -0.2) is 14.5 Å². The zero-order valence-electron chi connectivity index (χ0n) is 25.8. The predicted octanol–water partition coefficient (Wildman–Crippen LogP) is 8.01. The average molecular weight is 661 g/mol. The van der Waals surface area contributed by atoms with E-state index in [2.05, 4.69) is 39.0 Å². The van der Waals surface area contributed by atoms with Crippen LogP contribution in [0.4, 0.5) is 23.7 Å². The standard InChI is InChI=1S/C34H31F3N6O3S/c1-20(2)30-21(3)6-4-9-28(30)43-29(44)18-47-33(43)40-32(45)39-27-8-5-7-26(27)22-10-12-23(13-11-22)31-38-19-42(41-31)24-14-16-25(17-15-24)46-34(35,36)37/h4,6,9-17,19-20H,5,7-8,18H2,1-3H3,(H,39,45). The third kappa shape index (κ3) is 7.09. The van der Waals surface area contributed by atoms with E-state index in [9.17, 15) is 22.8 Å². The van der Waals surface area contributed by atoms with E-state index < -0.39 is 12.4 Å². The Balaban J connectivity index is 1.17. The Morgan fingerprint density at radius 3 is 2.45 bits per heavy atom. The molecule has 1 saturated heterocycles. The normalized spacial score (nSPS) is 16.1. The van der Waals surface area contributed by atoms with Gasteiger partial charge in [0, 0.05) is 11.3 Å². The van der Waals surface area contributed by atoms with Crippen LogP contribution in [-0.4, -0.2) is 44.0 Å². The Hall–Kier alpha value is -4.91. The van der Waals surface area contributed by atoms with Gasteiger partial charge < -0.3 is 10.1 Å². The molecule has 0 spiro atoms. The number of anilines is 1. The van der Waals surface area contributed by atoms with Gasteiger partial charge in [-0.3, -0.25) is 9.69 Å². The maximum absolute atomic E-state index is 13.2. The highest BCUT2D eigenvalue weighted by molar-refractivity contribution is 8.15. The summed E-state index contributed by atoms with van der Waals surface area (Å²) in [6.07, 6.45) is -0.925. The van der Waals surface area contributed by atoms with Crippen molar-refractivity contribution in [2.24, 2.45) is 4.99 Å². The summed E-state index contributed by atoms with van der Waals surface area (Å²) in [4.78, 5) is 36.3. The lowest BCUT2D eigenvalue weighted by Crippen LogP contribution is -2.32. The number of benzene rings is 3. The number of carbonyl (C=O) groups is 2. The molecule has 2 aliphatic rings. The molecule has 6 rings (SSSR count). The summed E-state index contributed by atoms with van der Waals surface area (Å²) in [6, 6.07) is 18.3. The maximum Gasteiger partial charge on any atom is 0.573 e. The van der Waals surface area contributed by atoms with Gasteiger partial charge in [0.05, 0.1) is 17.1 Å². The lowest BCUT2D eigenvalue weighted by molar-refractivity contribution is -0.274. The molecule has 3 amide bonds. The molecular weight excluding hydrogens is 629 g/mol. The van der Waals surface area contributed by atoms with Gasteiger partial charge in [0.25, 0.3) is 0 Å². The van der Waals surface area contributed by atoms with E-state index in [1.54, 1.807) is 4.90 Å². The van der Waals surface area contributed by atoms with Crippen molar-refractivity contribution in [2.45, 2.75) is 52.3 Å². The number of carbonyl (C=O) groups excluding carboxylic acids is 2. The number of thioether (sulfide) groups is 1. The molecule has 3 aromatic carbocycles. The lowest BCUT2D eigenvalue weighted by atomic mass is 9.95. The first kappa shape index (κ1) is 32.0. The molecule has 0 saturated carbocycles. The Kier molecular flexibility index (Phi) is 8.91. The van der Waals surface area contributed by atoms with E-state index >= 15 is 0 Å². The molecule has 0 atom stereocenters. The van der Waals surface area contributed by atoms with Crippen molar-refractivity contribution in [3.8, 4) is 22.8 Å². The molecule has 1 fully saturated rings. The fourth-order valence-corrected chi connectivity index (χ4v) is 6.74. The summed E-state index contributed by atoms with van der Waals surface area (Å²) in [5.74, 6) is 0.417. The molecule has 4 aromatic rings. The Labute approximate surface area is 273 Å². The third-order valence-corrected chi connectivity index (χ3v) is 8.80. The van der Waals surface area contributed by atoms with Gasteiger partial charge >= 0.3 is 12.4 Å². The quantitative estimate of drug-likeness (QED) is 0.216. The fourth-order valence-electron chi connectivity index (χ4n) is 5.88. The summed E-state index contributed by atoms with van der Waals surface area (Å²) in [5, 5.41) is 7.81. The van der Waals surface area contributed by atoms with E-state index in [1.165, 1.54) is 47.0 Å². The van der Waals surface area contributed by atoms with Crippen LogP contribution in [0.3, 0.4) is 0 Å². The van der Waals surface area contributed by atoms with Crippen LogP contribution < -0.4 is 15.0 Å². The minimum absolute atomic E-state index is 0.109. The number of allylic oxidation sites excluding steroid dienone is 2. The van der Waals surface area contributed by atoms with Gasteiger partial charge in [0.2, 0.25) is 5.91 Å². The van der Waals surface area contributed by atoms with E-state index in [4.69, 9.17) is 0 Å². The van der Waals surface area contributed by atoms with E-state index in [0.717, 1.165) is 52.1 Å². The zero-order chi connectivity index (χ0) is 33.3. The highest BCUT2D eigenvalue weighted by Gasteiger charge is 2.33. The van der Waals surface area contributed by atoms with E-state index in [0.29, 0.717) is 23.1 Å². The fraction of sp³-hybridized carbons (Fsp3) is 0.265. The summed E-state index contributed by atoms with van der Waals surface area (Å²) < 4.78 is 42.8. The van der Waals surface area contributed by atoms with Crippen molar-refractivity contribution in [1.82, 2.24) is 20.1 Å². The Bertz CT molecular complexity index is 1880. The zero-order valence-corrected chi connectivity index (χ0v) is 26.7. The minimum Gasteiger partial charge on any atom is -0.406 e. The Morgan fingerprint density at radius 1 is 1.02 bits per heavy atom. The highest BCUT2D eigenvalue weighted by Crippen LogP contribution is 2.36. The molecule has 1 aromatic heterocycles. The topological polar surface area (TPSA) is 102 Å². The van der Waals surface area contributed by atoms with Crippen LogP contribution >= 0.6 is 11.8 Å². The number of aryl methyl sites for hydroxylation is 1. The molecule has 2 heterocycles. The summed E-state index contributed by atoms with van der Waals surface area (Å²) >= 11 is 1.25. The predicted molar refractivity (Wildman–Crippen MR) is 175 cm³/mol. The first-order valence-electron chi connectivity index (χ1n) is 15.0. The smallest absolute Gasteiger partial charge is 0.406 e. The van der Waals surface area contributed by atoms with Gasteiger partial charge in [-0.05, 0) is 84.7 Å². The summed E-state index contributed by atoms with van der Waals surface area (Å²) in [5.41, 5.74) is 6.92. The van der Waals surface area contributed by atoms with Gasteiger partial charge in [-0.1, -0.05) is 62.0 Å². The number of aromatic nitrogens is 3. The molecular formula is C34H31F3N6O3S. The molecule has 1 N–H and O–H groups in total. The molecule has 13 heteroatoms. The van der Waals surface area contributed by atoms with Crippen LogP contribution in [0.5, 0.6) is 5.75 Å². The second kappa shape index (κ2) is 13.1. The molecule has 1 aliphatic heterocycles. The van der Waals surface area contributed by atoms with Crippen molar-refractivity contribution in [3.63, 3.8) is 0 Å². The summed E-state index contributed by atoms with van der Waals surface area (Å²) in [7, 11) is 0. The van der Waals surface area contributed by atoms with Gasteiger partial charge in [0.1, 0.15) is 12.1 Å². The van der Waals surface area contributed by atoms with Crippen molar-refractivity contribution in [3.05, 3.63) is 95.4 Å². The van der Waals surface area contributed by atoms with Crippen molar-refractivity contribution < 1.29 is 27.5 Å². The minimum atomic E-state index is -4.76. The number of halogens is 3. The van der Waals surface area contributed by atoms with E-state index in [-0.39, 0.29) is 23.3 Å². The number of nitrogens with zero attached hydrogens (tertiary/aromatic N) is 5. The number of amidine groups is 1. The number of amides is 3. The van der Waals surface area contributed by atoms with Crippen LogP contribution in [-0.2, 0) is 4.79 Å². The van der Waals surface area contributed by atoms with Crippen molar-refractivity contribution in [1.29, 1.82) is 0 Å². The third-order valence-electron chi connectivity index (χ3n) is 7.88. The van der Waals surface area contributed by atoms with Crippen LogP contribution in [0.15, 0.2) is 83.7 Å².